The topological polar surface area (TPSA) is 46.5 Å². The number of allylic oxidation sites excluding steroid dienone is 2. The van der Waals surface area contributed by atoms with Crippen LogP contribution in [0.5, 0.6) is 0 Å². The average Bonchev–Trinajstić information content (AvgIpc) is 2.25. The van der Waals surface area contributed by atoms with Gasteiger partial charge in [0.25, 0.3) is 0 Å². The van der Waals surface area contributed by atoms with Crippen LogP contribution in [0.15, 0.2) is 23.0 Å². The van der Waals surface area contributed by atoms with Crippen molar-refractivity contribution in [3.63, 3.8) is 0 Å². The Hall–Kier alpha value is -1.25. The van der Waals surface area contributed by atoms with Gasteiger partial charge in [-0.15, -0.1) is 0 Å². The van der Waals surface area contributed by atoms with Crippen molar-refractivity contribution in [1.29, 1.82) is 0 Å². The molecule has 0 saturated heterocycles. The quantitative estimate of drug-likeness (QED) is 0.729. The lowest BCUT2D eigenvalue weighted by atomic mass is 9.71. The summed E-state index contributed by atoms with van der Waals surface area (Å²) in [6.07, 6.45) is 2.39. The Morgan fingerprint density at radius 3 is 2.11 bits per heavy atom. The maximum atomic E-state index is 11.8. The van der Waals surface area contributed by atoms with Gasteiger partial charge in [-0.2, -0.15) is 0 Å². The number of carbonyl (C=O) groups excluding carboxylic acids is 1. The van der Waals surface area contributed by atoms with Crippen LogP contribution in [0, 0.1) is 16.7 Å². The van der Waals surface area contributed by atoms with Crippen LogP contribution in [0.2, 0.25) is 0 Å². The van der Waals surface area contributed by atoms with Crippen molar-refractivity contribution in [2.24, 2.45) is 16.7 Å². The van der Waals surface area contributed by atoms with Gasteiger partial charge in [-0.1, -0.05) is 47.6 Å². The first-order valence-electron chi connectivity index (χ1n) is 6.71. The van der Waals surface area contributed by atoms with Gasteiger partial charge in [-0.05, 0) is 28.4 Å². The third-order valence-electron chi connectivity index (χ3n) is 3.55. The smallest absolute Gasteiger partial charge is 0.312 e. The molecule has 108 valence electrons. The molecule has 1 atom stereocenters. The van der Waals surface area contributed by atoms with Crippen LogP contribution < -0.4 is 0 Å². The van der Waals surface area contributed by atoms with Gasteiger partial charge in [0.05, 0.1) is 13.0 Å². The normalized spacial score (nSPS) is 21.2. The number of hydrogen-bond acceptors (Lipinski definition) is 3. The zero-order valence-corrected chi connectivity index (χ0v) is 13.1. The molecule has 1 rings (SSSR count). The summed E-state index contributed by atoms with van der Waals surface area (Å²) in [6, 6.07) is 0. The minimum Gasteiger partial charge on any atom is -0.508 e. The fourth-order valence-corrected chi connectivity index (χ4v) is 2.39. The predicted octanol–water partition coefficient (Wildman–Crippen LogP) is 4.01. The molecule has 0 bridgehead atoms. The van der Waals surface area contributed by atoms with Crippen LogP contribution in [0.1, 0.15) is 48.0 Å². The van der Waals surface area contributed by atoms with Gasteiger partial charge < -0.3 is 9.84 Å². The Balaban J connectivity index is 3.34. The minimum absolute atomic E-state index is 0.166. The largest absolute Gasteiger partial charge is 0.508 e. The molecule has 0 aromatic carbocycles. The monoisotopic (exact) mass is 266 g/mol. The molecule has 0 spiro atoms. The lowest BCUT2D eigenvalue weighted by molar-refractivity contribution is -0.143. The van der Waals surface area contributed by atoms with E-state index in [-0.39, 0.29) is 22.7 Å². The number of carbonyl (C=O) groups is 1. The van der Waals surface area contributed by atoms with Gasteiger partial charge in [0.1, 0.15) is 5.76 Å². The van der Waals surface area contributed by atoms with E-state index in [0.29, 0.717) is 12.2 Å². The molecule has 1 aliphatic rings. The fourth-order valence-electron chi connectivity index (χ4n) is 2.39. The number of esters is 1. The maximum Gasteiger partial charge on any atom is 0.312 e. The second-order valence-electron chi connectivity index (χ2n) is 7.24. The number of aliphatic hydroxyl groups excluding tert-OH is 1. The summed E-state index contributed by atoms with van der Waals surface area (Å²) in [5.74, 6) is -0.194. The summed E-state index contributed by atoms with van der Waals surface area (Å²) in [5.41, 5.74) is 1.39. The molecule has 3 heteroatoms. The standard InChI is InChI=1S/C16H26O3/c1-15(2,3)11-8-10(14(18)19-7)9-12(13(11)17)16(4,5)6/h8,10,17H,9H2,1-7H3. The van der Waals surface area contributed by atoms with Crippen molar-refractivity contribution in [2.45, 2.75) is 48.0 Å². The predicted molar refractivity (Wildman–Crippen MR) is 76.8 cm³/mol. The van der Waals surface area contributed by atoms with Crippen LogP contribution in [0.3, 0.4) is 0 Å². The highest BCUT2D eigenvalue weighted by Crippen LogP contribution is 2.43. The lowest BCUT2D eigenvalue weighted by Crippen LogP contribution is -2.28. The van der Waals surface area contributed by atoms with Crippen LogP contribution in [0.25, 0.3) is 0 Å². The number of ether oxygens (including phenoxy) is 1. The molecule has 19 heavy (non-hydrogen) atoms. The summed E-state index contributed by atoms with van der Waals surface area (Å²) >= 11 is 0. The van der Waals surface area contributed by atoms with Gasteiger partial charge in [0.15, 0.2) is 0 Å². The fraction of sp³-hybridized carbons (Fsp3) is 0.688. The third kappa shape index (κ3) is 3.40. The Labute approximate surface area is 116 Å². The highest BCUT2D eigenvalue weighted by molar-refractivity contribution is 5.76. The molecular formula is C16H26O3. The van der Waals surface area contributed by atoms with E-state index in [9.17, 15) is 9.90 Å². The van der Waals surface area contributed by atoms with Gasteiger partial charge in [-0.3, -0.25) is 4.79 Å². The summed E-state index contributed by atoms with van der Waals surface area (Å²) in [4.78, 5) is 11.8. The number of hydrogen-bond donors (Lipinski definition) is 1. The molecule has 0 aromatic heterocycles. The lowest BCUT2D eigenvalue weighted by Gasteiger charge is -2.35. The number of aliphatic hydroxyl groups is 1. The zero-order valence-electron chi connectivity index (χ0n) is 13.1. The molecule has 0 aliphatic heterocycles. The maximum absolute atomic E-state index is 11.8. The number of methoxy groups -OCH3 is 1. The van der Waals surface area contributed by atoms with Crippen molar-refractivity contribution in [3.05, 3.63) is 23.0 Å². The van der Waals surface area contributed by atoms with Crippen molar-refractivity contribution in [1.82, 2.24) is 0 Å². The van der Waals surface area contributed by atoms with Crippen LogP contribution in [-0.4, -0.2) is 18.2 Å². The Kier molecular flexibility index (Phi) is 4.18. The van der Waals surface area contributed by atoms with E-state index in [0.717, 1.165) is 11.1 Å². The zero-order chi connectivity index (χ0) is 15.0. The Morgan fingerprint density at radius 1 is 1.21 bits per heavy atom. The minimum atomic E-state index is -0.302. The summed E-state index contributed by atoms with van der Waals surface area (Å²) in [7, 11) is 1.40. The van der Waals surface area contributed by atoms with E-state index in [4.69, 9.17) is 4.74 Å². The number of rotatable bonds is 1. The van der Waals surface area contributed by atoms with E-state index >= 15 is 0 Å². The van der Waals surface area contributed by atoms with Crippen molar-refractivity contribution in [2.75, 3.05) is 7.11 Å². The van der Waals surface area contributed by atoms with Crippen molar-refractivity contribution in [3.8, 4) is 0 Å². The van der Waals surface area contributed by atoms with Gasteiger partial charge in [0.2, 0.25) is 0 Å². The SMILES string of the molecule is COC(=O)C1C=C(C(C)(C)C)C(O)=C(C(C)(C)C)C1. The summed E-state index contributed by atoms with van der Waals surface area (Å²) in [6.45, 7) is 12.3. The molecule has 1 unspecified atom stereocenters. The van der Waals surface area contributed by atoms with E-state index in [1.807, 2.05) is 26.8 Å². The van der Waals surface area contributed by atoms with Gasteiger partial charge >= 0.3 is 5.97 Å². The van der Waals surface area contributed by atoms with E-state index in [2.05, 4.69) is 20.8 Å². The molecular weight excluding hydrogens is 240 g/mol. The molecule has 0 aromatic rings. The third-order valence-corrected chi connectivity index (χ3v) is 3.55. The van der Waals surface area contributed by atoms with Gasteiger partial charge in [0, 0.05) is 0 Å². The van der Waals surface area contributed by atoms with E-state index in [1.165, 1.54) is 7.11 Å². The molecule has 1 N–H and O–H groups in total. The molecule has 0 amide bonds. The van der Waals surface area contributed by atoms with E-state index in [1.54, 1.807) is 0 Å². The molecule has 0 saturated carbocycles. The summed E-state index contributed by atoms with van der Waals surface area (Å²) in [5, 5.41) is 10.5. The highest BCUT2D eigenvalue weighted by Gasteiger charge is 2.36. The van der Waals surface area contributed by atoms with Crippen molar-refractivity contribution >= 4 is 5.97 Å². The second kappa shape index (κ2) is 5.03. The van der Waals surface area contributed by atoms with Crippen molar-refractivity contribution < 1.29 is 14.6 Å². The first-order valence-corrected chi connectivity index (χ1v) is 6.71. The van der Waals surface area contributed by atoms with Crippen LogP contribution in [0.4, 0.5) is 0 Å². The van der Waals surface area contributed by atoms with E-state index < -0.39 is 0 Å². The summed E-state index contributed by atoms with van der Waals surface area (Å²) < 4.78 is 4.86. The van der Waals surface area contributed by atoms with Gasteiger partial charge in [-0.25, -0.2) is 0 Å². The molecule has 3 nitrogen and oxygen atoms in total. The average molecular weight is 266 g/mol. The van der Waals surface area contributed by atoms with Crippen LogP contribution >= 0.6 is 0 Å². The molecule has 1 aliphatic carbocycles. The second-order valence-corrected chi connectivity index (χ2v) is 7.24. The Bertz CT molecular complexity index is 428. The first kappa shape index (κ1) is 15.8. The van der Waals surface area contributed by atoms with Crippen LogP contribution in [-0.2, 0) is 9.53 Å². The molecule has 0 fully saturated rings. The molecule has 0 heterocycles. The first-order chi connectivity index (χ1) is 8.48. The Morgan fingerprint density at radius 2 is 1.74 bits per heavy atom. The highest BCUT2D eigenvalue weighted by atomic mass is 16.5. The molecule has 0 radical (unpaired) electrons.